The second kappa shape index (κ2) is 11.0. The van der Waals surface area contributed by atoms with Crippen LogP contribution >= 0.6 is 0 Å². The van der Waals surface area contributed by atoms with Gasteiger partial charge >= 0.3 is 6.03 Å². The first kappa shape index (κ1) is 24.4. The lowest BCUT2D eigenvalue weighted by Crippen LogP contribution is -2.46. The largest absolute Gasteiger partial charge is 0.335 e. The normalized spacial score (nSPS) is 29.4. The van der Waals surface area contributed by atoms with Crippen LogP contribution in [0.4, 0.5) is 4.79 Å². The zero-order chi connectivity index (χ0) is 21.6. The number of sulfonamides is 1. The van der Waals surface area contributed by atoms with Crippen molar-refractivity contribution in [2.45, 2.75) is 90.6 Å². The molecule has 0 radical (unpaired) electrons. The van der Waals surface area contributed by atoms with Crippen LogP contribution in [0, 0.1) is 23.7 Å². The van der Waals surface area contributed by atoms with Gasteiger partial charge in [-0.1, -0.05) is 46.5 Å². The van der Waals surface area contributed by atoms with Gasteiger partial charge in [-0.2, -0.15) is 0 Å². The van der Waals surface area contributed by atoms with Gasteiger partial charge in [-0.05, 0) is 55.8 Å². The molecular weight excluding hydrogens is 386 g/mol. The van der Waals surface area contributed by atoms with Gasteiger partial charge in [0.1, 0.15) is 0 Å². The molecule has 7 heteroatoms. The Kier molecular flexibility index (Phi) is 9.26. The summed E-state index contributed by atoms with van der Waals surface area (Å²) in [6, 6.07) is 0.420. The van der Waals surface area contributed by atoms with E-state index in [1.807, 2.05) is 11.9 Å². The molecule has 2 saturated carbocycles. The Bertz CT molecular complexity index is 623. The molecule has 0 spiro atoms. The molecule has 0 aromatic heterocycles. The van der Waals surface area contributed by atoms with Crippen molar-refractivity contribution in [1.82, 2.24) is 14.9 Å². The van der Waals surface area contributed by atoms with Crippen molar-refractivity contribution >= 4 is 16.1 Å². The minimum absolute atomic E-state index is 0.0480. The molecule has 2 rings (SSSR count). The molecule has 6 nitrogen and oxygen atoms in total. The summed E-state index contributed by atoms with van der Waals surface area (Å²) in [4.78, 5) is 14.4. The van der Waals surface area contributed by atoms with Gasteiger partial charge < -0.3 is 10.2 Å². The quantitative estimate of drug-likeness (QED) is 0.613. The number of nitrogens with zero attached hydrogens (tertiary/aromatic N) is 1. The van der Waals surface area contributed by atoms with Crippen LogP contribution in [0.15, 0.2) is 0 Å². The zero-order valence-electron chi connectivity index (χ0n) is 19.1. The molecule has 2 unspecified atom stereocenters. The van der Waals surface area contributed by atoms with Crippen molar-refractivity contribution in [3.05, 3.63) is 0 Å². The van der Waals surface area contributed by atoms with Crippen molar-refractivity contribution in [2.24, 2.45) is 23.7 Å². The van der Waals surface area contributed by atoms with E-state index in [2.05, 4.69) is 30.8 Å². The Morgan fingerprint density at radius 2 is 1.59 bits per heavy atom. The van der Waals surface area contributed by atoms with E-state index in [0.717, 1.165) is 57.4 Å². The fourth-order valence-corrected chi connectivity index (χ4v) is 5.96. The molecule has 2 fully saturated rings. The smallest absolute Gasteiger partial charge is 0.317 e. The molecule has 0 aliphatic heterocycles. The van der Waals surface area contributed by atoms with Crippen molar-refractivity contribution in [3.63, 3.8) is 0 Å². The predicted octanol–water partition coefficient (Wildman–Crippen LogP) is 3.98. The van der Waals surface area contributed by atoms with E-state index in [1.54, 1.807) is 0 Å². The maximum absolute atomic E-state index is 12.6. The van der Waals surface area contributed by atoms with Crippen LogP contribution in [-0.4, -0.2) is 51.3 Å². The van der Waals surface area contributed by atoms with E-state index in [-0.39, 0.29) is 12.1 Å². The number of urea groups is 1. The Morgan fingerprint density at radius 3 is 2.21 bits per heavy atom. The van der Waals surface area contributed by atoms with Crippen LogP contribution in [0.1, 0.15) is 78.6 Å². The summed E-state index contributed by atoms with van der Waals surface area (Å²) >= 11 is 0. The van der Waals surface area contributed by atoms with E-state index in [0.29, 0.717) is 23.8 Å². The number of amides is 2. The van der Waals surface area contributed by atoms with Gasteiger partial charge in [0.25, 0.3) is 0 Å². The molecule has 0 aromatic carbocycles. The van der Waals surface area contributed by atoms with Gasteiger partial charge in [0.05, 0.1) is 6.26 Å². The molecular formula is C22H43N3O3S. The van der Waals surface area contributed by atoms with Gasteiger partial charge in [-0.25, -0.2) is 17.9 Å². The average Bonchev–Trinajstić information content (AvgIpc) is 2.64. The molecule has 0 saturated heterocycles. The topological polar surface area (TPSA) is 78.5 Å². The number of nitrogens with one attached hydrogen (secondary N) is 2. The fraction of sp³-hybridized carbons (Fsp3) is 0.955. The van der Waals surface area contributed by atoms with Gasteiger partial charge in [0.2, 0.25) is 10.0 Å². The van der Waals surface area contributed by atoms with E-state index in [1.165, 1.54) is 19.1 Å². The average molecular weight is 430 g/mol. The third-order valence-electron chi connectivity index (χ3n) is 7.15. The summed E-state index contributed by atoms with van der Waals surface area (Å²) < 4.78 is 25.8. The van der Waals surface area contributed by atoms with Gasteiger partial charge in [0.15, 0.2) is 0 Å². The molecule has 170 valence electrons. The summed E-state index contributed by atoms with van der Waals surface area (Å²) in [6.07, 6.45) is 10.9. The van der Waals surface area contributed by atoms with E-state index in [9.17, 15) is 13.2 Å². The molecule has 0 bridgehead atoms. The van der Waals surface area contributed by atoms with E-state index in [4.69, 9.17) is 0 Å². The van der Waals surface area contributed by atoms with Gasteiger partial charge in [-0.3, -0.25) is 0 Å². The van der Waals surface area contributed by atoms with Gasteiger partial charge in [-0.15, -0.1) is 0 Å². The lowest BCUT2D eigenvalue weighted by molar-refractivity contribution is 0.177. The number of rotatable bonds is 8. The molecule has 2 amide bonds. The molecule has 2 N–H and O–H groups in total. The summed E-state index contributed by atoms with van der Waals surface area (Å²) in [7, 11) is -1.26. The molecule has 2 aliphatic rings. The summed E-state index contributed by atoms with van der Waals surface area (Å²) in [6.45, 7) is 7.55. The van der Waals surface area contributed by atoms with Crippen LogP contribution in [0.25, 0.3) is 0 Å². The molecule has 5 atom stereocenters. The second-order valence-corrected chi connectivity index (χ2v) is 11.8. The van der Waals surface area contributed by atoms with Crippen molar-refractivity contribution < 1.29 is 13.2 Å². The van der Waals surface area contributed by atoms with Crippen molar-refractivity contribution in [2.75, 3.05) is 19.8 Å². The maximum Gasteiger partial charge on any atom is 0.317 e. The lowest BCUT2D eigenvalue weighted by Gasteiger charge is -2.34. The third kappa shape index (κ3) is 8.44. The highest BCUT2D eigenvalue weighted by Gasteiger charge is 2.29. The van der Waals surface area contributed by atoms with Crippen LogP contribution in [0.2, 0.25) is 0 Å². The Balaban J connectivity index is 1.74. The van der Waals surface area contributed by atoms with Crippen molar-refractivity contribution in [1.29, 1.82) is 0 Å². The zero-order valence-corrected chi connectivity index (χ0v) is 19.9. The Morgan fingerprint density at radius 1 is 1.00 bits per heavy atom. The molecule has 2 aliphatic carbocycles. The minimum atomic E-state index is -3.14. The third-order valence-corrected chi connectivity index (χ3v) is 7.91. The summed E-state index contributed by atoms with van der Waals surface area (Å²) in [5.74, 6) is 2.41. The van der Waals surface area contributed by atoms with Crippen LogP contribution in [-0.2, 0) is 10.0 Å². The molecule has 0 heterocycles. The number of carbonyl (C=O) groups excluding carboxylic acids is 1. The Hall–Kier alpha value is -0.820. The number of hydrogen-bond donors (Lipinski definition) is 2. The summed E-state index contributed by atoms with van der Waals surface area (Å²) in [5, 5.41) is 3.25. The Labute approximate surface area is 178 Å². The van der Waals surface area contributed by atoms with Crippen LogP contribution in [0.5, 0.6) is 0 Å². The van der Waals surface area contributed by atoms with E-state index >= 15 is 0 Å². The minimum Gasteiger partial charge on any atom is -0.335 e. The highest BCUT2D eigenvalue weighted by atomic mass is 32.2. The first-order chi connectivity index (χ1) is 13.5. The number of carbonyl (C=O) groups is 1. The van der Waals surface area contributed by atoms with Gasteiger partial charge in [0, 0.05) is 25.7 Å². The summed E-state index contributed by atoms with van der Waals surface area (Å²) in [5.41, 5.74) is 0. The number of hydrogen-bond acceptors (Lipinski definition) is 3. The highest BCUT2D eigenvalue weighted by molar-refractivity contribution is 7.88. The second-order valence-electron chi connectivity index (χ2n) is 10.0. The maximum atomic E-state index is 12.6. The molecule has 29 heavy (non-hydrogen) atoms. The standard InChI is InChI=1S/C22H43N3O3S/c1-16(2)18-8-6-10-20(14-18)23-22(26)25(4)13-12-17(3)19-9-7-11-21(15-19)24-29(5,27)28/h16-21,24H,6-15H2,1-5H3,(H,23,26)/t17?,18-,19?,20+,21+/m0/s1. The SMILES string of the molecule is CC(CCN(C)C(=O)N[C@@H]1CCC[C@H](C(C)C)C1)C1CCC[C@@H](NS(C)(=O)=O)C1. The highest BCUT2D eigenvalue weighted by Crippen LogP contribution is 2.32. The van der Waals surface area contributed by atoms with Crippen LogP contribution in [0.3, 0.4) is 0 Å². The monoisotopic (exact) mass is 429 g/mol. The lowest BCUT2D eigenvalue weighted by atomic mass is 9.77. The fourth-order valence-electron chi connectivity index (χ4n) is 5.14. The van der Waals surface area contributed by atoms with Crippen LogP contribution < -0.4 is 10.0 Å². The van der Waals surface area contributed by atoms with Crippen molar-refractivity contribution in [3.8, 4) is 0 Å². The van der Waals surface area contributed by atoms with E-state index < -0.39 is 10.0 Å². The first-order valence-electron chi connectivity index (χ1n) is 11.5. The first-order valence-corrected chi connectivity index (χ1v) is 13.4. The predicted molar refractivity (Wildman–Crippen MR) is 119 cm³/mol. The molecule has 0 aromatic rings.